The quantitative estimate of drug-likeness (QED) is 0.192. The van der Waals surface area contributed by atoms with Crippen LogP contribution in [0.3, 0.4) is 0 Å². The average molecular weight is 591 g/mol. The van der Waals surface area contributed by atoms with Gasteiger partial charge < -0.3 is 4.74 Å². The molecular weight excluding hydrogens is 556 g/mol. The molecule has 41 heavy (non-hydrogen) atoms. The van der Waals surface area contributed by atoms with Crippen LogP contribution in [0.25, 0.3) is 0 Å². The lowest BCUT2D eigenvalue weighted by atomic mass is 9.72. The molecule has 4 atom stereocenters. The van der Waals surface area contributed by atoms with Gasteiger partial charge in [-0.15, -0.1) is 23.1 Å². The smallest absolute Gasteiger partial charge is 0.341 e. The Morgan fingerprint density at radius 3 is 2.39 bits per heavy atom. The number of hydrogen-bond donors (Lipinski definition) is 0. The van der Waals surface area contributed by atoms with Crippen molar-refractivity contribution in [3.63, 3.8) is 0 Å². The maximum atomic E-state index is 14.3. The van der Waals surface area contributed by atoms with E-state index in [2.05, 4.69) is 20.8 Å². The fourth-order valence-corrected chi connectivity index (χ4v) is 8.17. The maximum absolute atomic E-state index is 14.3. The van der Waals surface area contributed by atoms with Crippen molar-refractivity contribution >= 4 is 51.6 Å². The van der Waals surface area contributed by atoms with E-state index >= 15 is 0 Å². The number of methoxy groups -OCH3 is 1. The van der Waals surface area contributed by atoms with Crippen molar-refractivity contribution in [3.05, 3.63) is 76.2 Å². The minimum absolute atomic E-state index is 0.109. The second-order valence-corrected chi connectivity index (χ2v) is 13.9. The highest BCUT2D eigenvalue weighted by atomic mass is 32.2. The van der Waals surface area contributed by atoms with Gasteiger partial charge in [0.25, 0.3) is 5.91 Å². The van der Waals surface area contributed by atoms with E-state index in [1.54, 1.807) is 16.8 Å². The summed E-state index contributed by atoms with van der Waals surface area (Å²) in [6, 6.07) is 17.0. The Balaban J connectivity index is 1.42. The molecular formula is C32H34N2O5S2. The van der Waals surface area contributed by atoms with E-state index in [0.29, 0.717) is 22.9 Å². The third-order valence-corrected chi connectivity index (χ3v) is 10.6. The van der Waals surface area contributed by atoms with Crippen LogP contribution in [0.1, 0.15) is 59.6 Å². The van der Waals surface area contributed by atoms with Gasteiger partial charge in [0.2, 0.25) is 5.91 Å². The number of benzene rings is 2. The largest absolute Gasteiger partial charge is 0.465 e. The summed E-state index contributed by atoms with van der Waals surface area (Å²) in [5.74, 6) is -1.64. The third-order valence-electron chi connectivity index (χ3n) is 8.65. The molecule has 3 aromatic rings. The Morgan fingerprint density at radius 2 is 1.76 bits per heavy atom. The maximum Gasteiger partial charge on any atom is 0.341 e. The minimum Gasteiger partial charge on any atom is -0.465 e. The van der Waals surface area contributed by atoms with Crippen molar-refractivity contribution in [2.24, 2.45) is 17.3 Å². The second-order valence-electron chi connectivity index (χ2n) is 11.9. The van der Waals surface area contributed by atoms with E-state index in [9.17, 15) is 14.4 Å². The normalized spacial score (nSPS) is 24.0. The van der Waals surface area contributed by atoms with Crippen molar-refractivity contribution in [2.75, 3.05) is 23.3 Å². The molecule has 3 heterocycles. The highest BCUT2D eigenvalue weighted by Crippen LogP contribution is 2.51. The number of fused-ring (bicyclic) bond motifs is 2. The van der Waals surface area contributed by atoms with Gasteiger partial charge in [0, 0.05) is 9.77 Å². The van der Waals surface area contributed by atoms with Gasteiger partial charge in [-0.05, 0) is 72.2 Å². The third kappa shape index (κ3) is 4.68. The highest BCUT2D eigenvalue weighted by Gasteiger charge is 2.61. The van der Waals surface area contributed by atoms with Gasteiger partial charge >= 0.3 is 5.97 Å². The Kier molecular flexibility index (Phi) is 7.24. The van der Waals surface area contributed by atoms with Gasteiger partial charge in [-0.25, -0.2) is 14.8 Å². The lowest BCUT2D eigenvalue weighted by Gasteiger charge is -2.33. The Morgan fingerprint density at radius 1 is 1.05 bits per heavy atom. The van der Waals surface area contributed by atoms with Gasteiger partial charge in [0.15, 0.2) is 6.10 Å². The number of anilines is 2. The number of ether oxygens (including phenoxy) is 1. The minimum atomic E-state index is -1.00. The predicted molar refractivity (Wildman–Crippen MR) is 161 cm³/mol. The van der Waals surface area contributed by atoms with E-state index < -0.39 is 29.9 Å². The molecule has 2 aliphatic heterocycles. The van der Waals surface area contributed by atoms with E-state index in [0.717, 1.165) is 39.4 Å². The molecule has 214 valence electrons. The Hall–Kier alpha value is -3.14. The Labute approximate surface area is 248 Å². The standard InChI is InChI=1S/C32H34N2O5S2/c1-32(2,3)19-13-16-22-23(17-19)41-30(24(22)31(37)38-4)33-28(35)25-26(18-11-14-21(40-5)15-12-18)34(39-27(25)29(33)36)20-9-7-6-8-10-20/h6-12,14-15,19,25-27H,13,16-17H2,1-5H3/t19-,25+,26+,27+/m0/s1. The SMILES string of the molecule is COC(=O)c1c(N2C(=O)[C@@H]3[C@@H](c4ccc(SC)cc4)N(c4ccccc4)O[C@H]3C2=O)sc2c1CC[C@H](C(C)(C)C)C2. The van der Waals surface area contributed by atoms with Crippen molar-refractivity contribution in [1.82, 2.24) is 0 Å². The van der Waals surface area contributed by atoms with Crippen LogP contribution in [0, 0.1) is 17.3 Å². The highest BCUT2D eigenvalue weighted by molar-refractivity contribution is 7.98. The molecule has 6 rings (SSSR count). The van der Waals surface area contributed by atoms with E-state index in [-0.39, 0.29) is 11.3 Å². The molecule has 1 aliphatic carbocycles. The van der Waals surface area contributed by atoms with Crippen molar-refractivity contribution in [2.45, 2.75) is 57.1 Å². The van der Waals surface area contributed by atoms with Crippen LogP contribution in [0.4, 0.5) is 10.7 Å². The summed E-state index contributed by atoms with van der Waals surface area (Å²) in [5, 5.41) is 2.07. The summed E-state index contributed by atoms with van der Waals surface area (Å²) in [4.78, 5) is 51.2. The van der Waals surface area contributed by atoms with Crippen LogP contribution in [0.2, 0.25) is 0 Å². The number of carbonyl (C=O) groups excluding carboxylic acids is 3. The van der Waals surface area contributed by atoms with E-state index in [4.69, 9.17) is 9.57 Å². The molecule has 0 N–H and O–H groups in total. The molecule has 0 radical (unpaired) electrons. The number of thioether (sulfide) groups is 1. The van der Waals surface area contributed by atoms with Crippen LogP contribution >= 0.6 is 23.1 Å². The van der Waals surface area contributed by atoms with Gasteiger partial charge in [0.05, 0.1) is 24.4 Å². The molecule has 0 spiro atoms. The van der Waals surface area contributed by atoms with Crippen LogP contribution in [-0.4, -0.2) is 37.3 Å². The number of nitrogens with zero attached hydrogens (tertiary/aromatic N) is 2. The van der Waals surface area contributed by atoms with Gasteiger partial charge in [-0.1, -0.05) is 51.1 Å². The number of imide groups is 1. The topological polar surface area (TPSA) is 76.2 Å². The molecule has 0 unspecified atom stereocenters. The number of para-hydroxylation sites is 1. The summed E-state index contributed by atoms with van der Waals surface area (Å²) in [6.45, 7) is 6.69. The first-order chi connectivity index (χ1) is 19.6. The number of esters is 1. The lowest BCUT2D eigenvalue weighted by molar-refractivity contribution is -0.126. The molecule has 7 nitrogen and oxygen atoms in total. The first-order valence-corrected chi connectivity index (χ1v) is 15.9. The van der Waals surface area contributed by atoms with Crippen LogP contribution < -0.4 is 9.96 Å². The molecule has 2 fully saturated rings. The number of carbonyl (C=O) groups is 3. The molecule has 0 saturated carbocycles. The Bertz CT molecular complexity index is 1490. The number of rotatable bonds is 5. The van der Waals surface area contributed by atoms with Crippen LogP contribution in [-0.2, 0) is 32.0 Å². The summed E-state index contributed by atoms with van der Waals surface area (Å²) >= 11 is 3.02. The second kappa shape index (κ2) is 10.6. The summed E-state index contributed by atoms with van der Waals surface area (Å²) < 4.78 is 5.18. The first-order valence-electron chi connectivity index (χ1n) is 13.9. The summed E-state index contributed by atoms with van der Waals surface area (Å²) in [6.07, 6.45) is 3.47. The first kappa shape index (κ1) is 28.0. The monoisotopic (exact) mass is 590 g/mol. The van der Waals surface area contributed by atoms with Crippen LogP contribution in [0.5, 0.6) is 0 Å². The number of hydroxylamine groups is 1. The zero-order valence-electron chi connectivity index (χ0n) is 23.9. The van der Waals surface area contributed by atoms with Gasteiger partial charge in [-0.2, -0.15) is 0 Å². The number of hydrogen-bond acceptors (Lipinski definition) is 8. The molecule has 0 bridgehead atoms. The van der Waals surface area contributed by atoms with Gasteiger partial charge in [0.1, 0.15) is 10.9 Å². The van der Waals surface area contributed by atoms with Crippen molar-refractivity contribution in [3.8, 4) is 0 Å². The van der Waals surface area contributed by atoms with Crippen molar-refractivity contribution in [1.29, 1.82) is 0 Å². The number of thiophene rings is 1. The zero-order chi connectivity index (χ0) is 29.1. The predicted octanol–water partition coefficient (Wildman–Crippen LogP) is 6.46. The summed E-state index contributed by atoms with van der Waals surface area (Å²) in [7, 11) is 1.34. The zero-order valence-corrected chi connectivity index (χ0v) is 25.5. The molecule has 3 aliphatic rings. The molecule has 2 amide bonds. The van der Waals surface area contributed by atoms with E-state index in [1.807, 2.05) is 60.9 Å². The molecule has 2 saturated heterocycles. The fourth-order valence-electron chi connectivity index (χ4n) is 6.33. The molecule has 2 aromatic carbocycles. The van der Waals surface area contributed by atoms with Crippen molar-refractivity contribution < 1.29 is 24.0 Å². The molecule has 9 heteroatoms. The van der Waals surface area contributed by atoms with Crippen LogP contribution in [0.15, 0.2) is 59.5 Å². The molecule has 1 aromatic heterocycles. The number of amides is 2. The average Bonchev–Trinajstić information content (AvgIpc) is 3.62. The van der Waals surface area contributed by atoms with Gasteiger partial charge in [-0.3, -0.25) is 14.4 Å². The fraction of sp³-hybridized carbons (Fsp3) is 0.406. The lowest BCUT2D eigenvalue weighted by Crippen LogP contribution is -2.37. The summed E-state index contributed by atoms with van der Waals surface area (Å²) in [5.41, 5.74) is 3.02. The van der Waals surface area contributed by atoms with E-state index in [1.165, 1.54) is 23.3 Å².